The van der Waals surface area contributed by atoms with E-state index in [-0.39, 0.29) is 6.54 Å². The number of aromatic nitrogens is 1. The summed E-state index contributed by atoms with van der Waals surface area (Å²) in [4.78, 5) is 70.0. The van der Waals surface area contributed by atoms with Crippen molar-refractivity contribution in [2.75, 3.05) is 19.7 Å². The molecule has 0 unspecified atom stereocenters. The summed E-state index contributed by atoms with van der Waals surface area (Å²) in [6.45, 7) is 13.6. The molecule has 51 heavy (non-hydrogen) atoms. The van der Waals surface area contributed by atoms with Gasteiger partial charge in [0.05, 0.1) is 28.6 Å². The van der Waals surface area contributed by atoms with E-state index in [1.54, 1.807) is 46.8 Å². The summed E-state index contributed by atoms with van der Waals surface area (Å²) in [6.07, 6.45) is 2.78. The molecule has 1 saturated heterocycles. The zero-order chi connectivity index (χ0) is 38.3. The Kier molecular flexibility index (Phi) is 14.2. The summed E-state index contributed by atoms with van der Waals surface area (Å²) in [7, 11) is 0. The maximum absolute atomic E-state index is 13.1. The van der Waals surface area contributed by atoms with Crippen molar-refractivity contribution in [1.29, 1.82) is 0 Å². The molecule has 0 spiro atoms. The average Bonchev–Trinajstić information content (AvgIpc) is 3.04. The first-order valence-corrected chi connectivity index (χ1v) is 17.8. The van der Waals surface area contributed by atoms with Crippen LogP contribution in [0.25, 0.3) is 17.0 Å². The Morgan fingerprint density at radius 1 is 1.00 bits per heavy atom. The van der Waals surface area contributed by atoms with E-state index in [9.17, 15) is 24.0 Å². The molecule has 1 aliphatic rings. The number of nitrogens with one attached hydrogen (secondary N) is 2. The van der Waals surface area contributed by atoms with E-state index in [0.29, 0.717) is 30.6 Å². The van der Waals surface area contributed by atoms with E-state index in [1.807, 2.05) is 37.3 Å². The molecule has 2 N–H and O–H groups in total. The van der Waals surface area contributed by atoms with Crippen LogP contribution in [0.15, 0.2) is 36.4 Å². The number of nitrogens with zero attached hydrogens (tertiary/aromatic N) is 2. The minimum atomic E-state index is -1.74. The highest BCUT2D eigenvalue weighted by Crippen LogP contribution is 2.28. The largest absolute Gasteiger partial charge is 0.461 e. The summed E-state index contributed by atoms with van der Waals surface area (Å²) in [6, 6.07) is 8.06. The Hall–Kier alpha value is -3.61. The molecule has 1 aromatic carbocycles. The maximum Gasteiger partial charge on any atom is 0.408 e. The highest BCUT2D eigenvalue weighted by molar-refractivity contribution is 6.67. The van der Waals surface area contributed by atoms with Crippen molar-refractivity contribution in [3.05, 3.63) is 47.7 Å². The number of hydrogen-bond acceptors (Lipinski definition) is 9. The van der Waals surface area contributed by atoms with Crippen LogP contribution in [0.2, 0.25) is 0 Å². The number of likely N-dealkylation sites (tertiary alicyclic amines) is 1. The zero-order valence-electron chi connectivity index (χ0n) is 30.2. The second kappa shape index (κ2) is 17.3. The number of fused-ring (bicyclic) bond motifs is 1. The van der Waals surface area contributed by atoms with E-state index in [0.717, 1.165) is 10.9 Å². The maximum atomic E-state index is 13.1. The molecule has 3 rings (SSSR count). The summed E-state index contributed by atoms with van der Waals surface area (Å²) < 4.78 is 14.2. The Labute approximate surface area is 313 Å². The van der Waals surface area contributed by atoms with Crippen LogP contribution in [0.1, 0.15) is 85.5 Å². The zero-order valence-corrected chi connectivity index (χ0v) is 32.4. The number of benzene rings is 1. The predicted octanol–water partition coefficient (Wildman–Crippen LogP) is 6.45. The van der Waals surface area contributed by atoms with Gasteiger partial charge in [-0.15, -0.1) is 0 Å². The predicted molar refractivity (Wildman–Crippen MR) is 196 cm³/mol. The number of carbonyl (C=O) groups excluding carboxylic acids is 5. The summed E-state index contributed by atoms with van der Waals surface area (Å²) >= 11 is 17.0. The third-order valence-corrected chi connectivity index (χ3v) is 8.29. The number of rotatable bonds is 11. The molecular weight excluding hydrogens is 723 g/mol. The van der Waals surface area contributed by atoms with Gasteiger partial charge in [-0.05, 0) is 85.9 Å². The minimum Gasteiger partial charge on any atom is -0.461 e. The van der Waals surface area contributed by atoms with Crippen LogP contribution in [0.3, 0.4) is 0 Å². The Balaban J connectivity index is 1.57. The van der Waals surface area contributed by atoms with Gasteiger partial charge in [0.25, 0.3) is 5.91 Å². The van der Waals surface area contributed by atoms with E-state index in [2.05, 4.69) is 10.6 Å². The Morgan fingerprint density at radius 3 is 2.31 bits per heavy atom. The highest BCUT2D eigenvalue weighted by atomic mass is 35.6. The van der Waals surface area contributed by atoms with Gasteiger partial charge < -0.3 is 29.7 Å². The highest BCUT2D eigenvalue weighted by Gasteiger charge is 2.35. The lowest BCUT2D eigenvalue weighted by molar-refractivity contribution is -0.161. The van der Waals surface area contributed by atoms with Crippen LogP contribution in [-0.2, 0) is 33.4 Å². The number of piperidine rings is 1. The van der Waals surface area contributed by atoms with Crippen LogP contribution >= 0.6 is 34.8 Å². The van der Waals surface area contributed by atoms with Gasteiger partial charge in [-0.2, -0.15) is 0 Å². The molecule has 2 aromatic rings. The molecule has 0 bridgehead atoms. The molecule has 1 fully saturated rings. The summed E-state index contributed by atoms with van der Waals surface area (Å²) in [5, 5.41) is 6.29. The lowest BCUT2D eigenvalue weighted by atomic mass is 9.92. The minimum absolute atomic E-state index is 0.0989. The molecular formula is C36H47Cl3N4O8. The molecule has 1 aromatic heterocycles. The third-order valence-electron chi connectivity index (χ3n) is 7.96. The van der Waals surface area contributed by atoms with Crippen molar-refractivity contribution in [1.82, 2.24) is 20.5 Å². The van der Waals surface area contributed by atoms with Crippen molar-refractivity contribution in [2.45, 2.75) is 95.8 Å². The number of ether oxygens (including phenoxy) is 3. The normalized spacial score (nSPS) is 17.3. The first kappa shape index (κ1) is 41.8. The van der Waals surface area contributed by atoms with Gasteiger partial charge in [0, 0.05) is 18.5 Å². The van der Waals surface area contributed by atoms with Gasteiger partial charge in [-0.3, -0.25) is 24.2 Å². The monoisotopic (exact) mass is 768 g/mol. The summed E-state index contributed by atoms with van der Waals surface area (Å²) in [5.74, 6) is -2.84. The lowest BCUT2D eigenvalue weighted by Gasteiger charge is -2.33. The van der Waals surface area contributed by atoms with Gasteiger partial charge in [-0.25, -0.2) is 4.79 Å². The molecule has 0 aliphatic carbocycles. The van der Waals surface area contributed by atoms with Gasteiger partial charge in [0.2, 0.25) is 9.70 Å². The van der Waals surface area contributed by atoms with E-state index in [1.165, 1.54) is 18.7 Å². The smallest absolute Gasteiger partial charge is 0.408 e. The first-order chi connectivity index (χ1) is 23.5. The number of halogens is 3. The van der Waals surface area contributed by atoms with Crippen LogP contribution in [0.4, 0.5) is 4.79 Å². The fraction of sp³-hybridized carbons (Fsp3) is 0.556. The van der Waals surface area contributed by atoms with Crippen molar-refractivity contribution >= 4 is 81.6 Å². The van der Waals surface area contributed by atoms with Gasteiger partial charge >= 0.3 is 18.0 Å². The molecule has 4 atom stereocenters. The van der Waals surface area contributed by atoms with E-state index >= 15 is 0 Å². The fourth-order valence-corrected chi connectivity index (χ4v) is 5.26. The number of alkyl carbamates (subject to hydrolysis) is 1. The molecule has 280 valence electrons. The van der Waals surface area contributed by atoms with Crippen LogP contribution < -0.4 is 10.6 Å². The standard InChI is InChI=1S/C36H47Cl3N4O8/c1-21(41-33(48)51-34(4,5)6)27-14-13-25-12-11-24(18-28(25)42-27)15-16-35(7,8)32(47)50-23(3)29(44)40-22(2)30(45)43-17-9-10-26(19-43)31(46)49-20-36(37,38)39/h11-16,18,21-23,26H,9-10,17,19-20H2,1-8H3,(H,40,44)(H,41,48)/b16-15+/t21-,22+,23+,26-/m1/s1. The van der Waals surface area contributed by atoms with Gasteiger partial charge in [0.15, 0.2) is 6.10 Å². The van der Waals surface area contributed by atoms with Crippen molar-refractivity contribution < 1.29 is 38.2 Å². The third kappa shape index (κ3) is 13.1. The number of amides is 3. The molecule has 0 saturated carbocycles. The topological polar surface area (TPSA) is 153 Å². The second-order valence-electron chi connectivity index (χ2n) is 14.2. The van der Waals surface area contributed by atoms with Gasteiger partial charge in [-0.1, -0.05) is 65.2 Å². The molecule has 1 aliphatic heterocycles. The Bertz CT molecular complexity index is 1640. The van der Waals surface area contributed by atoms with Crippen molar-refractivity contribution in [3.63, 3.8) is 0 Å². The molecule has 2 heterocycles. The van der Waals surface area contributed by atoms with Gasteiger partial charge in [0.1, 0.15) is 18.2 Å². The van der Waals surface area contributed by atoms with Crippen LogP contribution in [0.5, 0.6) is 0 Å². The fourth-order valence-electron chi connectivity index (χ4n) is 5.10. The number of carbonyl (C=O) groups is 5. The van der Waals surface area contributed by atoms with Crippen molar-refractivity contribution in [2.24, 2.45) is 11.3 Å². The SMILES string of the molecule is C[C@H](NC(=O)[C@H](C)OC(=O)C(C)(C)/C=C/c1ccc2ccc([C@@H](C)NC(=O)OC(C)(C)C)nc2c1)C(=O)N1CCC[C@@H](C(=O)OCC(Cl)(Cl)Cl)C1. The molecule has 3 amide bonds. The molecule has 0 radical (unpaired) electrons. The van der Waals surface area contributed by atoms with Crippen LogP contribution in [-0.4, -0.2) is 81.0 Å². The molecule has 12 nitrogen and oxygen atoms in total. The summed E-state index contributed by atoms with van der Waals surface area (Å²) in [5.41, 5.74) is 0.389. The number of alkyl halides is 3. The van der Waals surface area contributed by atoms with E-state index in [4.69, 9.17) is 54.0 Å². The second-order valence-corrected chi connectivity index (χ2v) is 16.8. The van der Waals surface area contributed by atoms with Crippen LogP contribution in [0, 0.1) is 11.3 Å². The average molecular weight is 770 g/mol. The van der Waals surface area contributed by atoms with E-state index < -0.39 is 75.4 Å². The first-order valence-electron chi connectivity index (χ1n) is 16.7. The number of hydrogen-bond donors (Lipinski definition) is 2. The van der Waals surface area contributed by atoms with Crippen molar-refractivity contribution in [3.8, 4) is 0 Å². The number of esters is 2. The quantitative estimate of drug-likeness (QED) is 0.149. The Morgan fingerprint density at radius 2 is 1.67 bits per heavy atom. The number of pyridine rings is 1. The lowest BCUT2D eigenvalue weighted by Crippen LogP contribution is -2.52. The molecule has 15 heteroatoms.